The molecule has 1 heterocycles. The summed E-state index contributed by atoms with van der Waals surface area (Å²) in [5, 5.41) is 16.5. The summed E-state index contributed by atoms with van der Waals surface area (Å²) in [4.78, 5) is 5.87. The first-order chi connectivity index (χ1) is 7.69. The van der Waals surface area contributed by atoms with Crippen LogP contribution >= 0.6 is 23.2 Å². The van der Waals surface area contributed by atoms with Crippen LogP contribution in [0.5, 0.6) is 0 Å². The molecule has 0 amide bonds. The van der Waals surface area contributed by atoms with Crippen LogP contribution in [0.2, 0.25) is 10.4 Å². The van der Waals surface area contributed by atoms with Gasteiger partial charge in [0.1, 0.15) is 0 Å². The zero-order chi connectivity index (χ0) is 12.0. The second-order valence-corrected chi connectivity index (χ2v) is 3.96. The van der Waals surface area contributed by atoms with Gasteiger partial charge in [-0.05, 0) is 18.0 Å². The summed E-state index contributed by atoms with van der Waals surface area (Å²) in [6, 6.07) is 0. The normalized spacial score (nSPS) is 10.5. The lowest BCUT2D eigenvalue weighted by Crippen LogP contribution is -2.29. The van der Waals surface area contributed by atoms with E-state index in [0.717, 1.165) is 19.4 Å². The molecular weight excluding hydrogens is 251 g/mol. The van der Waals surface area contributed by atoms with Gasteiger partial charge in [0.2, 0.25) is 5.28 Å². The number of halogens is 2. The summed E-state index contributed by atoms with van der Waals surface area (Å²) in [5.41, 5.74) is 0. The van der Waals surface area contributed by atoms with Crippen LogP contribution in [0, 0.1) is 0 Å². The fraction of sp³-hybridized carbons (Fsp3) is 0.667. The first-order valence-corrected chi connectivity index (χ1v) is 5.86. The molecule has 0 saturated carbocycles. The van der Waals surface area contributed by atoms with E-state index in [2.05, 4.69) is 22.1 Å². The number of nitrogens with zero attached hydrogens (tertiary/aromatic N) is 4. The fourth-order valence-corrected chi connectivity index (χ4v) is 1.60. The lowest BCUT2D eigenvalue weighted by atomic mass is 10.3. The molecule has 5 nitrogen and oxygen atoms in total. The highest BCUT2D eigenvalue weighted by Crippen LogP contribution is 2.21. The van der Waals surface area contributed by atoms with Gasteiger partial charge < -0.3 is 10.0 Å². The van der Waals surface area contributed by atoms with Gasteiger partial charge in [-0.3, -0.25) is 0 Å². The molecule has 16 heavy (non-hydrogen) atoms. The average Bonchev–Trinajstić information content (AvgIpc) is 2.28. The minimum Gasteiger partial charge on any atom is -0.395 e. The lowest BCUT2D eigenvalue weighted by molar-refractivity contribution is 0.301. The van der Waals surface area contributed by atoms with E-state index >= 15 is 0 Å². The van der Waals surface area contributed by atoms with Crippen LogP contribution in [0.1, 0.15) is 19.8 Å². The molecule has 1 rings (SSSR count). The fourth-order valence-electron chi connectivity index (χ4n) is 1.28. The van der Waals surface area contributed by atoms with Crippen LogP contribution in [0.3, 0.4) is 0 Å². The number of rotatable bonds is 6. The van der Waals surface area contributed by atoms with Gasteiger partial charge in [-0.15, -0.1) is 10.2 Å². The largest absolute Gasteiger partial charge is 0.395 e. The third kappa shape index (κ3) is 3.73. The standard InChI is InChI=1S/C9H14Cl2N4O/c1-2-3-4-15(5-6-16)8-7(10)13-14-9(11)12-8/h16H,2-6H2,1H3. The van der Waals surface area contributed by atoms with E-state index in [9.17, 15) is 0 Å². The van der Waals surface area contributed by atoms with Crippen molar-refractivity contribution in [3.05, 3.63) is 10.4 Å². The highest BCUT2D eigenvalue weighted by atomic mass is 35.5. The Morgan fingerprint density at radius 2 is 2.00 bits per heavy atom. The van der Waals surface area contributed by atoms with Gasteiger partial charge in [0.15, 0.2) is 11.0 Å². The molecule has 0 saturated heterocycles. The third-order valence-electron chi connectivity index (χ3n) is 2.05. The molecule has 0 radical (unpaired) electrons. The predicted molar refractivity (Wildman–Crippen MR) is 64.1 cm³/mol. The number of hydrogen-bond donors (Lipinski definition) is 1. The van der Waals surface area contributed by atoms with Crippen LogP contribution in [-0.2, 0) is 0 Å². The van der Waals surface area contributed by atoms with Crippen molar-refractivity contribution in [3.63, 3.8) is 0 Å². The molecule has 1 aromatic rings. The van der Waals surface area contributed by atoms with Crippen LogP contribution in [-0.4, -0.2) is 40.0 Å². The van der Waals surface area contributed by atoms with Crippen molar-refractivity contribution in [2.45, 2.75) is 19.8 Å². The van der Waals surface area contributed by atoms with E-state index in [-0.39, 0.29) is 17.0 Å². The van der Waals surface area contributed by atoms with Gasteiger partial charge in [-0.25, -0.2) is 0 Å². The number of aromatic nitrogens is 3. The van der Waals surface area contributed by atoms with Crippen molar-refractivity contribution in [1.29, 1.82) is 0 Å². The Bertz CT molecular complexity index is 337. The van der Waals surface area contributed by atoms with E-state index < -0.39 is 0 Å². The van der Waals surface area contributed by atoms with Crippen molar-refractivity contribution in [2.75, 3.05) is 24.6 Å². The molecule has 0 atom stereocenters. The molecule has 0 aliphatic rings. The first-order valence-electron chi connectivity index (χ1n) is 5.10. The SMILES string of the molecule is CCCCN(CCO)c1nc(Cl)nnc1Cl. The molecule has 0 unspecified atom stereocenters. The maximum atomic E-state index is 8.98. The van der Waals surface area contributed by atoms with Gasteiger partial charge in [-0.2, -0.15) is 4.98 Å². The summed E-state index contributed by atoms with van der Waals surface area (Å²) in [6.45, 7) is 3.33. The van der Waals surface area contributed by atoms with Crippen molar-refractivity contribution in [1.82, 2.24) is 15.2 Å². The van der Waals surface area contributed by atoms with E-state index in [1.54, 1.807) is 0 Å². The Kier molecular flexibility index (Phi) is 5.73. The Balaban J connectivity index is 2.85. The summed E-state index contributed by atoms with van der Waals surface area (Å²) < 4.78 is 0. The topological polar surface area (TPSA) is 62.1 Å². The Morgan fingerprint density at radius 3 is 2.62 bits per heavy atom. The molecule has 1 aromatic heterocycles. The van der Waals surface area contributed by atoms with Crippen LogP contribution in [0.25, 0.3) is 0 Å². The van der Waals surface area contributed by atoms with Crippen molar-refractivity contribution in [3.8, 4) is 0 Å². The highest BCUT2D eigenvalue weighted by molar-refractivity contribution is 6.32. The molecule has 0 aliphatic carbocycles. The smallest absolute Gasteiger partial charge is 0.245 e. The third-order valence-corrected chi connectivity index (χ3v) is 2.46. The molecule has 0 spiro atoms. The number of aliphatic hydroxyl groups excluding tert-OH is 1. The maximum absolute atomic E-state index is 8.98. The maximum Gasteiger partial charge on any atom is 0.245 e. The van der Waals surface area contributed by atoms with Crippen LogP contribution in [0.15, 0.2) is 0 Å². The van der Waals surface area contributed by atoms with E-state index in [1.807, 2.05) is 4.90 Å². The van der Waals surface area contributed by atoms with Gasteiger partial charge in [0.25, 0.3) is 0 Å². The Labute approximate surface area is 104 Å². The predicted octanol–water partition coefficient (Wildman–Crippen LogP) is 1.78. The molecule has 0 fully saturated rings. The summed E-state index contributed by atoms with van der Waals surface area (Å²) >= 11 is 11.6. The molecule has 7 heteroatoms. The van der Waals surface area contributed by atoms with E-state index in [1.165, 1.54) is 0 Å². The zero-order valence-corrected chi connectivity index (χ0v) is 10.5. The van der Waals surface area contributed by atoms with Crippen LogP contribution < -0.4 is 4.90 Å². The Hall–Kier alpha value is -0.650. The quantitative estimate of drug-likeness (QED) is 0.849. The lowest BCUT2D eigenvalue weighted by Gasteiger charge is -2.22. The van der Waals surface area contributed by atoms with Gasteiger partial charge in [-0.1, -0.05) is 24.9 Å². The van der Waals surface area contributed by atoms with Crippen molar-refractivity contribution >= 4 is 29.0 Å². The Morgan fingerprint density at radius 1 is 1.25 bits per heavy atom. The first kappa shape index (κ1) is 13.4. The molecule has 90 valence electrons. The second kappa shape index (κ2) is 6.83. The minimum atomic E-state index is 0.0294. The molecule has 1 N–H and O–H groups in total. The van der Waals surface area contributed by atoms with Crippen molar-refractivity contribution < 1.29 is 5.11 Å². The monoisotopic (exact) mass is 264 g/mol. The average molecular weight is 265 g/mol. The molecular formula is C9H14Cl2N4O. The summed E-state index contributed by atoms with van der Waals surface area (Å²) in [6.07, 6.45) is 2.03. The minimum absolute atomic E-state index is 0.0294. The number of aliphatic hydroxyl groups is 1. The molecule has 0 bridgehead atoms. The molecule has 0 aromatic carbocycles. The highest BCUT2D eigenvalue weighted by Gasteiger charge is 2.13. The van der Waals surface area contributed by atoms with Gasteiger partial charge in [0, 0.05) is 13.1 Å². The number of hydrogen-bond acceptors (Lipinski definition) is 5. The van der Waals surface area contributed by atoms with Gasteiger partial charge >= 0.3 is 0 Å². The number of anilines is 1. The van der Waals surface area contributed by atoms with Gasteiger partial charge in [0.05, 0.1) is 6.61 Å². The van der Waals surface area contributed by atoms with Crippen molar-refractivity contribution in [2.24, 2.45) is 0 Å². The van der Waals surface area contributed by atoms with E-state index in [0.29, 0.717) is 12.4 Å². The second-order valence-electron chi connectivity index (χ2n) is 3.26. The van der Waals surface area contributed by atoms with Crippen LogP contribution in [0.4, 0.5) is 5.82 Å². The summed E-state index contributed by atoms with van der Waals surface area (Å²) in [7, 11) is 0. The zero-order valence-electron chi connectivity index (χ0n) is 9.03. The summed E-state index contributed by atoms with van der Waals surface area (Å²) in [5.74, 6) is 0.476. The van der Waals surface area contributed by atoms with E-state index in [4.69, 9.17) is 28.3 Å². The number of unbranched alkanes of at least 4 members (excludes halogenated alkanes) is 1. The molecule has 0 aliphatic heterocycles.